The molecular formula is C30H31F4N7O4. The van der Waals surface area contributed by atoms with E-state index in [1.54, 1.807) is 18.7 Å². The van der Waals surface area contributed by atoms with Gasteiger partial charge in [-0.3, -0.25) is 9.36 Å². The Kier molecular flexibility index (Phi) is 7.75. The Morgan fingerprint density at radius 3 is 2.36 bits per heavy atom. The molecule has 6 rings (SSSR count). The summed E-state index contributed by atoms with van der Waals surface area (Å²) in [5.41, 5.74) is -2.39. The van der Waals surface area contributed by atoms with E-state index in [0.717, 1.165) is 25.5 Å². The number of hydrogen-bond donors (Lipinski definition) is 1. The smallest absolute Gasteiger partial charge is 0.450 e. The first-order valence-corrected chi connectivity index (χ1v) is 14.5. The highest BCUT2D eigenvalue weighted by Gasteiger charge is 2.41. The molecule has 11 nitrogen and oxygen atoms in total. The number of halogens is 4. The molecule has 0 saturated carbocycles. The zero-order chi connectivity index (χ0) is 32.2. The molecule has 0 bridgehead atoms. The minimum atomic E-state index is -5.14. The van der Waals surface area contributed by atoms with Crippen LogP contribution in [0.3, 0.4) is 0 Å². The number of fused-ring (bicyclic) bond motifs is 2. The monoisotopic (exact) mass is 629 g/mol. The lowest BCUT2D eigenvalue weighted by Gasteiger charge is -2.44. The van der Waals surface area contributed by atoms with Gasteiger partial charge in [0.1, 0.15) is 17.9 Å². The van der Waals surface area contributed by atoms with E-state index in [4.69, 9.17) is 4.74 Å². The van der Waals surface area contributed by atoms with E-state index in [2.05, 4.69) is 19.9 Å². The van der Waals surface area contributed by atoms with Crippen molar-refractivity contribution in [2.75, 3.05) is 38.2 Å². The van der Waals surface area contributed by atoms with Crippen molar-refractivity contribution in [3.05, 3.63) is 58.4 Å². The molecule has 2 aromatic carbocycles. The van der Waals surface area contributed by atoms with Crippen LogP contribution in [0.1, 0.15) is 32.5 Å². The molecule has 2 saturated heterocycles. The molecule has 0 spiro atoms. The zero-order valence-electron chi connectivity index (χ0n) is 24.8. The van der Waals surface area contributed by atoms with E-state index in [1.807, 2.05) is 7.05 Å². The lowest BCUT2D eigenvalue weighted by Crippen LogP contribution is -2.58. The first-order valence-electron chi connectivity index (χ1n) is 14.5. The van der Waals surface area contributed by atoms with Crippen LogP contribution in [0, 0.1) is 5.82 Å². The number of hydrogen-bond acceptors (Lipinski definition) is 8. The SMILES string of the molecule is C[C@H]1CN(C(=O)O)C[C@H](C)N1c1nc(OCC2CCCN2C)nc2c(=O)n(-c3cccc4cccc(F)c34)c(C(F)(F)F)nc12. The molecule has 4 aromatic rings. The molecule has 1 unspecified atom stereocenters. The number of likely N-dealkylation sites (N-methyl/N-ethyl adjacent to an activating group) is 1. The van der Waals surface area contributed by atoms with Crippen molar-refractivity contribution in [3.63, 3.8) is 0 Å². The summed E-state index contributed by atoms with van der Waals surface area (Å²) in [5.74, 6) is -2.47. The van der Waals surface area contributed by atoms with Crippen LogP contribution in [-0.2, 0) is 6.18 Å². The Labute approximate surface area is 254 Å². The summed E-state index contributed by atoms with van der Waals surface area (Å²) in [6.07, 6.45) is -4.45. The standard InChI is InChI=1S/C30H31F4N7O4/c1-16-13-39(29(43)44)14-17(2)40(16)25-23-24(36-28(37-25)45-15-19-9-6-12-38(19)3)26(42)41(27(35-23)30(32,33)34)21-11-5-8-18-7-4-10-20(31)22(18)21/h4-5,7-8,10-11,16-17,19H,6,9,12-15H2,1-3H3,(H,43,44)/t16-,17-,19?/m0/s1. The molecule has 15 heteroatoms. The number of benzene rings is 2. The third-order valence-electron chi connectivity index (χ3n) is 8.52. The van der Waals surface area contributed by atoms with Gasteiger partial charge in [0, 0.05) is 36.6 Å². The maximum absolute atomic E-state index is 15.1. The topological polar surface area (TPSA) is 117 Å². The average Bonchev–Trinajstić information content (AvgIpc) is 3.39. The molecule has 0 radical (unpaired) electrons. The second kappa shape index (κ2) is 11.4. The summed E-state index contributed by atoms with van der Waals surface area (Å²) in [5, 5.41) is 9.69. The van der Waals surface area contributed by atoms with Gasteiger partial charge in [0.2, 0.25) is 5.82 Å². The minimum absolute atomic E-state index is 0.0344. The highest BCUT2D eigenvalue weighted by Crippen LogP contribution is 2.36. The first kappa shape index (κ1) is 30.5. The Morgan fingerprint density at radius 1 is 1.04 bits per heavy atom. The average molecular weight is 630 g/mol. The van der Waals surface area contributed by atoms with Crippen LogP contribution in [-0.4, -0.2) is 91.9 Å². The van der Waals surface area contributed by atoms with Gasteiger partial charge in [-0.1, -0.05) is 24.3 Å². The number of ether oxygens (including phenoxy) is 1. The predicted octanol–water partition coefficient (Wildman–Crippen LogP) is 4.54. The summed E-state index contributed by atoms with van der Waals surface area (Å²) in [4.78, 5) is 43.6. The van der Waals surface area contributed by atoms with Crippen molar-refractivity contribution in [2.24, 2.45) is 0 Å². The molecule has 4 heterocycles. The zero-order valence-corrected chi connectivity index (χ0v) is 24.8. The summed E-state index contributed by atoms with van der Waals surface area (Å²) in [6.45, 7) is 4.53. The van der Waals surface area contributed by atoms with Gasteiger partial charge >= 0.3 is 18.3 Å². The van der Waals surface area contributed by atoms with Crippen molar-refractivity contribution in [1.82, 2.24) is 29.3 Å². The summed E-state index contributed by atoms with van der Waals surface area (Å²) < 4.78 is 65.7. The van der Waals surface area contributed by atoms with Crippen LogP contribution in [0.2, 0.25) is 0 Å². The number of amides is 1. The van der Waals surface area contributed by atoms with Crippen molar-refractivity contribution < 1.29 is 32.2 Å². The highest BCUT2D eigenvalue weighted by atomic mass is 19.4. The van der Waals surface area contributed by atoms with Crippen molar-refractivity contribution in [1.29, 1.82) is 0 Å². The van der Waals surface area contributed by atoms with Gasteiger partial charge < -0.3 is 24.5 Å². The van der Waals surface area contributed by atoms with Gasteiger partial charge in [-0.25, -0.2) is 14.2 Å². The summed E-state index contributed by atoms with van der Waals surface area (Å²) >= 11 is 0. The summed E-state index contributed by atoms with van der Waals surface area (Å²) in [6, 6.07) is 6.94. The van der Waals surface area contributed by atoms with Crippen LogP contribution in [0.5, 0.6) is 6.01 Å². The Morgan fingerprint density at radius 2 is 1.73 bits per heavy atom. The normalized spacial score (nSPS) is 21.2. The van der Waals surface area contributed by atoms with E-state index >= 15 is 4.39 Å². The van der Waals surface area contributed by atoms with Crippen LogP contribution < -0.4 is 15.2 Å². The maximum atomic E-state index is 15.1. The van der Waals surface area contributed by atoms with E-state index in [0.29, 0.717) is 9.95 Å². The van der Waals surface area contributed by atoms with E-state index in [-0.39, 0.29) is 48.6 Å². The number of piperazine rings is 1. The van der Waals surface area contributed by atoms with Gasteiger partial charge in [-0.2, -0.15) is 23.1 Å². The lowest BCUT2D eigenvalue weighted by molar-refractivity contribution is -0.146. The molecule has 2 aliphatic heterocycles. The molecule has 1 N–H and O–H groups in total. The van der Waals surface area contributed by atoms with Crippen LogP contribution >= 0.6 is 0 Å². The van der Waals surface area contributed by atoms with E-state index < -0.39 is 52.6 Å². The second-order valence-corrected chi connectivity index (χ2v) is 11.6. The molecule has 3 atom stereocenters. The predicted molar refractivity (Wildman–Crippen MR) is 158 cm³/mol. The van der Waals surface area contributed by atoms with E-state index in [1.165, 1.54) is 35.2 Å². The minimum Gasteiger partial charge on any atom is -0.465 e. The number of anilines is 1. The van der Waals surface area contributed by atoms with Crippen LogP contribution in [0.4, 0.5) is 28.2 Å². The van der Waals surface area contributed by atoms with Gasteiger partial charge in [0.25, 0.3) is 5.56 Å². The number of nitrogens with zero attached hydrogens (tertiary/aromatic N) is 7. The van der Waals surface area contributed by atoms with Crippen LogP contribution in [0.15, 0.2) is 41.2 Å². The lowest BCUT2D eigenvalue weighted by atomic mass is 10.1. The number of likely N-dealkylation sites (tertiary alicyclic amines) is 1. The maximum Gasteiger partial charge on any atom is 0.450 e. The number of carboxylic acid groups (broad SMARTS) is 1. The van der Waals surface area contributed by atoms with E-state index in [9.17, 15) is 27.9 Å². The third-order valence-corrected chi connectivity index (χ3v) is 8.52. The Bertz CT molecular complexity index is 1830. The Balaban J connectivity index is 1.61. The van der Waals surface area contributed by atoms with Gasteiger partial charge in [-0.15, -0.1) is 0 Å². The quantitative estimate of drug-likeness (QED) is 0.318. The molecule has 2 fully saturated rings. The molecular weight excluding hydrogens is 598 g/mol. The largest absolute Gasteiger partial charge is 0.465 e. The Hall–Kier alpha value is -4.53. The fourth-order valence-corrected chi connectivity index (χ4v) is 6.41. The third kappa shape index (κ3) is 5.49. The van der Waals surface area contributed by atoms with Crippen molar-refractivity contribution >= 4 is 33.7 Å². The molecule has 2 aliphatic rings. The molecule has 45 heavy (non-hydrogen) atoms. The number of aromatic nitrogens is 4. The molecule has 1 amide bonds. The number of alkyl halides is 3. The molecule has 2 aromatic heterocycles. The fourth-order valence-electron chi connectivity index (χ4n) is 6.41. The van der Waals surface area contributed by atoms with Gasteiger partial charge in [0.15, 0.2) is 11.3 Å². The summed E-state index contributed by atoms with van der Waals surface area (Å²) in [7, 11) is 1.95. The van der Waals surface area contributed by atoms with Gasteiger partial charge in [0.05, 0.1) is 5.69 Å². The number of rotatable bonds is 5. The first-order chi connectivity index (χ1) is 21.3. The second-order valence-electron chi connectivity index (χ2n) is 11.6. The van der Waals surface area contributed by atoms with Gasteiger partial charge in [-0.05, 0) is 57.8 Å². The van der Waals surface area contributed by atoms with Crippen molar-refractivity contribution in [2.45, 2.75) is 51.0 Å². The number of carbonyl (C=O) groups is 1. The van der Waals surface area contributed by atoms with Crippen LogP contribution in [0.25, 0.3) is 27.5 Å². The fraction of sp³-hybridized carbons (Fsp3) is 0.433. The molecule has 238 valence electrons. The molecule has 0 aliphatic carbocycles. The highest BCUT2D eigenvalue weighted by molar-refractivity contribution is 5.92. The van der Waals surface area contributed by atoms with Crippen molar-refractivity contribution in [3.8, 4) is 11.7 Å².